The molecule has 0 spiro atoms. The van der Waals surface area contributed by atoms with Gasteiger partial charge in [0.05, 0.1) is 6.04 Å². The molecule has 2 amide bonds. The van der Waals surface area contributed by atoms with Crippen LogP contribution in [-0.4, -0.2) is 11.2 Å². The fourth-order valence-electron chi connectivity index (χ4n) is 1.93. The number of hydrogen-bond acceptors (Lipinski definition) is 4. The monoisotopic (exact) mass is 279 g/mol. The van der Waals surface area contributed by atoms with Crippen LogP contribution in [0.4, 0.5) is 10.6 Å². The van der Waals surface area contributed by atoms with Crippen LogP contribution in [0.5, 0.6) is 0 Å². The number of nitrogens with zero attached hydrogens (tertiary/aromatic N) is 1. The highest BCUT2D eigenvalue weighted by molar-refractivity contribution is 7.12. The number of aryl methyl sites for hydroxylation is 3. The van der Waals surface area contributed by atoms with Crippen LogP contribution in [-0.2, 0) is 0 Å². The fourth-order valence-corrected chi connectivity index (χ4v) is 2.95. The second kappa shape index (κ2) is 5.44. The van der Waals surface area contributed by atoms with Crippen molar-refractivity contribution in [2.45, 2.75) is 33.7 Å². The Balaban J connectivity index is 1.97. The molecule has 0 aliphatic rings. The zero-order valence-corrected chi connectivity index (χ0v) is 12.2. The number of rotatable bonds is 3. The standard InChI is InChI=1S/C13H17N3O2S/c1-7-5-12(16-18-7)15-13(17)14-9(3)11-6-8(2)19-10(11)4/h5-6,9H,1-4H3,(H2,14,15,16,17)/t9-/m0/s1. The number of anilines is 1. The van der Waals surface area contributed by atoms with Gasteiger partial charge in [0.25, 0.3) is 0 Å². The first-order valence-electron chi connectivity index (χ1n) is 6.03. The van der Waals surface area contributed by atoms with Crippen LogP contribution < -0.4 is 10.6 Å². The molecule has 0 unspecified atom stereocenters. The molecule has 6 heteroatoms. The van der Waals surface area contributed by atoms with E-state index in [2.05, 4.69) is 35.7 Å². The number of amides is 2. The highest BCUT2D eigenvalue weighted by atomic mass is 32.1. The minimum atomic E-state index is -0.288. The van der Waals surface area contributed by atoms with E-state index in [-0.39, 0.29) is 12.1 Å². The predicted molar refractivity (Wildman–Crippen MR) is 75.6 cm³/mol. The zero-order chi connectivity index (χ0) is 14.0. The summed E-state index contributed by atoms with van der Waals surface area (Å²) in [6.45, 7) is 7.86. The lowest BCUT2D eigenvalue weighted by Crippen LogP contribution is -2.31. The Hall–Kier alpha value is -1.82. The molecule has 0 saturated heterocycles. The molecule has 0 aliphatic carbocycles. The van der Waals surface area contributed by atoms with E-state index in [4.69, 9.17) is 4.52 Å². The summed E-state index contributed by atoms with van der Waals surface area (Å²) in [5.41, 5.74) is 1.15. The molecule has 1 atom stereocenters. The Morgan fingerprint density at radius 3 is 2.63 bits per heavy atom. The van der Waals surface area contributed by atoms with Crippen molar-refractivity contribution in [2.75, 3.05) is 5.32 Å². The van der Waals surface area contributed by atoms with E-state index in [9.17, 15) is 4.79 Å². The molecule has 0 fully saturated rings. The normalized spacial score (nSPS) is 12.2. The number of hydrogen-bond donors (Lipinski definition) is 2. The highest BCUT2D eigenvalue weighted by Gasteiger charge is 2.14. The molecule has 5 nitrogen and oxygen atoms in total. The minimum Gasteiger partial charge on any atom is -0.360 e. The lowest BCUT2D eigenvalue weighted by molar-refractivity contribution is 0.249. The van der Waals surface area contributed by atoms with Crippen LogP contribution in [0.1, 0.15) is 34.0 Å². The number of carbonyl (C=O) groups is 1. The molecule has 0 saturated carbocycles. The molecule has 2 N–H and O–H groups in total. The van der Waals surface area contributed by atoms with Gasteiger partial charge in [0.2, 0.25) is 0 Å². The maximum absolute atomic E-state index is 11.8. The minimum absolute atomic E-state index is 0.0436. The van der Waals surface area contributed by atoms with Crippen molar-refractivity contribution in [3.05, 3.63) is 33.2 Å². The van der Waals surface area contributed by atoms with Crippen LogP contribution >= 0.6 is 11.3 Å². The first kappa shape index (κ1) is 13.6. The largest absolute Gasteiger partial charge is 0.360 e. The summed E-state index contributed by atoms with van der Waals surface area (Å²) < 4.78 is 4.89. The molecule has 0 radical (unpaired) electrons. The third-order valence-corrected chi connectivity index (χ3v) is 3.74. The van der Waals surface area contributed by atoms with Crippen LogP contribution in [0.25, 0.3) is 0 Å². The average Bonchev–Trinajstić information content (AvgIpc) is 2.84. The molecule has 19 heavy (non-hydrogen) atoms. The summed E-state index contributed by atoms with van der Waals surface area (Å²) in [5, 5.41) is 9.23. The van der Waals surface area contributed by atoms with Crippen LogP contribution in [0, 0.1) is 20.8 Å². The van der Waals surface area contributed by atoms with Crippen molar-refractivity contribution < 1.29 is 9.32 Å². The SMILES string of the molecule is Cc1cc(NC(=O)N[C@@H](C)c2cc(C)sc2C)no1. The summed E-state index contributed by atoms with van der Waals surface area (Å²) in [6.07, 6.45) is 0. The summed E-state index contributed by atoms with van der Waals surface area (Å²) in [6, 6.07) is 3.44. The molecular weight excluding hydrogens is 262 g/mol. The third-order valence-electron chi connectivity index (χ3n) is 2.76. The molecule has 0 aromatic carbocycles. The highest BCUT2D eigenvalue weighted by Crippen LogP contribution is 2.26. The molecule has 0 bridgehead atoms. The van der Waals surface area contributed by atoms with Gasteiger partial charge in [-0.3, -0.25) is 5.32 Å². The van der Waals surface area contributed by atoms with Gasteiger partial charge in [-0.05, 0) is 39.3 Å². The first-order valence-corrected chi connectivity index (χ1v) is 6.85. The van der Waals surface area contributed by atoms with Gasteiger partial charge in [0.1, 0.15) is 5.76 Å². The molecule has 2 heterocycles. The van der Waals surface area contributed by atoms with Crippen molar-refractivity contribution in [3.8, 4) is 0 Å². The van der Waals surface area contributed by atoms with Gasteiger partial charge >= 0.3 is 6.03 Å². The van der Waals surface area contributed by atoms with Crippen molar-refractivity contribution in [3.63, 3.8) is 0 Å². The molecular formula is C13H17N3O2S. The quantitative estimate of drug-likeness (QED) is 0.903. The van der Waals surface area contributed by atoms with E-state index >= 15 is 0 Å². The maximum atomic E-state index is 11.8. The van der Waals surface area contributed by atoms with E-state index in [1.807, 2.05) is 6.92 Å². The number of nitrogens with one attached hydrogen (secondary N) is 2. The van der Waals surface area contributed by atoms with Crippen LogP contribution in [0.15, 0.2) is 16.7 Å². The van der Waals surface area contributed by atoms with E-state index in [1.165, 1.54) is 9.75 Å². The maximum Gasteiger partial charge on any atom is 0.320 e. The predicted octanol–water partition coefficient (Wildman–Crippen LogP) is 3.54. The Morgan fingerprint density at radius 1 is 1.37 bits per heavy atom. The van der Waals surface area contributed by atoms with Gasteiger partial charge in [-0.2, -0.15) is 0 Å². The molecule has 2 aromatic heterocycles. The zero-order valence-electron chi connectivity index (χ0n) is 11.4. The van der Waals surface area contributed by atoms with Gasteiger partial charge in [0.15, 0.2) is 5.82 Å². The molecule has 0 aliphatic heterocycles. The Bertz CT molecular complexity index is 588. The van der Waals surface area contributed by atoms with Gasteiger partial charge in [-0.15, -0.1) is 11.3 Å². The topological polar surface area (TPSA) is 67.2 Å². The average molecular weight is 279 g/mol. The van der Waals surface area contributed by atoms with Crippen LogP contribution in [0.3, 0.4) is 0 Å². The van der Waals surface area contributed by atoms with Gasteiger partial charge < -0.3 is 9.84 Å². The summed E-state index contributed by atoms with van der Waals surface area (Å²) in [5.74, 6) is 1.08. The Kier molecular flexibility index (Phi) is 3.90. The summed E-state index contributed by atoms with van der Waals surface area (Å²) >= 11 is 1.73. The smallest absolute Gasteiger partial charge is 0.320 e. The molecule has 2 rings (SSSR count). The molecule has 2 aromatic rings. The number of aromatic nitrogens is 1. The second-order valence-electron chi connectivity index (χ2n) is 4.51. The van der Waals surface area contributed by atoms with E-state index in [0.717, 1.165) is 5.56 Å². The Morgan fingerprint density at radius 2 is 2.11 bits per heavy atom. The van der Waals surface area contributed by atoms with E-state index in [0.29, 0.717) is 11.6 Å². The van der Waals surface area contributed by atoms with Gasteiger partial charge in [0, 0.05) is 15.8 Å². The first-order chi connectivity index (χ1) is 8.95. The van der Waals surface area contributed by atoms with Crippen LogP contribution in [0.2, 0.25) is 0 Å². The fraction of sp³-hybridized carbons (Fsp3) is 0.385. The number of carbonyl (C=O) groups excluding carboxylic acids is 1. The third kappa shape index (κ3) is 3.35. The second-order valence-corrected chi connectivity index (χ2v) is 5.97. The van der Waals surface area contributed by atoms with Gasteiger partial charge in [-0.25, -0.2) is 4.79 Å². The molecule has 102 valence electrons. The van der Waals surface area contributed by atoms with Crippen molar-refractivity contribution >= 4 is 23.2 Å². The number of thiophene rings is 1. The van der Waals surface area contributed by atoms with Crippen molar-refractivity contribution in [2.24, 2.45) is 0 Å². The Labute approximate surface area is 116 Å². The number of urea groups is 1. The summed E-state index contributed by atoms with van der Waals surface area (Å²) in [4.78, 5) is 14.3. The van der Waals surface area contributed by atoms with Crippen molar-refractivity contribution in [1.29, 1.82) is 0 Å². The van der Waals surface area contributed by atoms with Crippen molar-refractivity contribution in [1.82, 2.24) is 10.5 Å². The lowest BCUT2D eigenvalue weighted by Gasteiger charge is -2.13. The lowest BCUT2D eigenvalue weighted by atomic mass is 10.1. The van der Waals surface area contributed by atoms with E-state index in [1.54, 1.807) is 24.3 Å². The van der Waals surface area contributed by atoms with Gasteiger partial charge in [-0.1, -0.05) is 5.16 Å². The summed E-state index contributed by atoms with van der Waals surface area (Å²) in [7, 11) is 0. The van der Waals surface area contributed by atoms with E-state index < -0.39 is 0 Å².